The van der Waals surface area contributed by atoms with Gasteiger partial charge in [0.15, 0.2) is 0 Å². The van der Waals surface area contributed by atoms with E-state index in [-0.39, 0.29) is 11.8 Å². The molecule has 0 bridgehead atoms. The van der Waals surface area contributed by atoms with E-state index in [4.69, 9.17) is 5.53 Å². The van der Waals surface area contributed by atoms with Gasteiger partial charge in [-0.1, -0.05) is 5.11 Å². The van der Waals surface area contributed by atoms with E-state index in [2.05, 4.69) is 10.0 Å². The van der Waals surface area contributed by atoms with Crippen molar-refractivity contribution in [3.05, 3.63) is 10.4 Å². The molecule has 0 aromatic heterocycles. The van der Waals surface area contributed by atoms with Gasteiger partial charge in [-0.05, 0) is 12.0 Å². The molecule has 0 aromatic rings. The first-order valence-electron chi connectivity index (χ1n) is 2.89. The van der Waals surface area contributed by atoms with E-state index in [0.717, 1.165) is 6.42 Å². The number of carbonyl (C=O) groups excluding carboxylic acids is 1. The van der Waals surface area contributed by atoms with Crippen molar-refractivity contribution in [2.24, 2.45) is 5.11 Å². The number of azide groups is 1. The van der Waals surface area contributed by atoms with Gasteiger partial charge in [0.25, 0.3) is 0 Å². The van der Waals surface area contributed by atoms with Crippen molar-refractivity contribution in [2.75, 3.05) is 0 Å². The van der Waals surface area contributed by atoms with Crippen LogP contribution in [0.15, 0.2) is 5.11 Å². The van der Waals surface area contributed by atoms with Crippen LogP contribution < -0.4 is 0 Å². The highest BCUT2D eigenvalue weighted by molar-refractivity contribution is 5.81. The lowest BCUT2D eigenvalue weighted by Crippen LogP contribution is -1.95. The lowest BCUT2D eigenvalue weighted by molar-refractivity contribution is -0.117. The Balaban J connectivity index is 2.48. The highest BCUT2D eigenvalue weighted by Crippen LogP contribution is 2.17. The van der Waals surface area contributed by atoms with E-state index >= 15 is 0 Å². The molecule has 0 saturated heterocycles. The second-order valence-corrected chi connectivity index (χ2v) is 2.14. The van der Waals surface area contributed by atoms with Crippen LogP contribution in [0.1, 0.15) is 19.3 Å². The van der Waals surface area contributed by atoms with Gasteiger partial charge in [-0.25, -0.2) is 0 Å². The molecule has 4 heteroatoms. The van der Waals surface area contributed by atoms with Crippen molar-refractivity contribution in [2.45, 2.75) is 25.3 Å². The summed E-state index contributed by atoms with van der Waals surface area (Å²) >= 11 is 0. The maximum Gasteiger partial charge on any atom is 0.133 e. The van der Waals surface area contributed by atoms with Crippen LogP contribution >= 0.6 is 0 Å². The van der Waals surface area contributed by atoms with E-state index < -0.39 is 0 Å². The highest BCUT2D eigenvalue weighted by atomic mass is 16.1. The van der Waals surface area contributed by atoms with E-state index in [9.17, 15) is 4.79 Å². The Morgan fingerprint density at radius 1 is 1.78 bits per heavy atom. The van der Waals surface area contributed by atoms with Crippen LogP contribution in [-0.4, -0.2) is 11.8 Å². The first-order valence-corrected chi connectivity index (χ1v) is 2.89. The minimum absolute atomic E-state index is 0.0532. The van der Waals surface area contributed by atoms with E-state index in [1.807, 2.05) is 0 Å². The maximum absolute atomic E-state index is 10.5. The molecule has 4 nitrogen and oxygen atoms in total. The molecule has 0 aliphatic heterocycles. The number of carbonyl (C=O) groups is 1. The monoisotopic (exact) mass is 125 g/mol. The Bertz CT molecular complexity index is 171. The summed E-state index contributed by atoms with van der Waals surface area (Å²) in [4.78, 5) is 13.2. The fraction of sp³-hybridized carbons (Fsp3) is 0.800. The molecule has 0 heterocycles. The standard InChI is InChI=1S/C5H7N3O/c6-8-7-4-1-2-5(9)3-4/h4H,1-3H2/t4-/m1/s1. The summed E-state index contributed by atoms with van der Waals surface area (Å²) in [7, 11) is 0. The van der Waals surface area contributed by atoms with Gasteiger partial charge in [0.2, 0.25) is 0 Å². The number of nitrogens with zero attached hydrogens (tertiary/aromatic N) is 3. The van der Waals surface area contributed by atoms with Gasteiger partial charge in [-0.3, -0.25) is 4.79 Å². The van der Waals surface area contributed by atoms with Crippen molar-refractivity contribution < 1.29 is 4.79 Å². The molecule has 0 aromatic carbocycles. The van der Waals surface area contributed by atoms with Crippen LogP contribution in [0.2, 0.25) is 0 Å². The molecule has 1 rings (SSSR count). The van der Waals surface area contributed by atoms with Crippen molar-refractivity contribution in [3.63, 3.8) is 0 Å². The second-order valence-electron chi connectivity index (χ2n) is 2.14. The fourth-order valence-corrected chi connectivity index (χ4v) is 0.966. The number of Topliss-reactive ketones (excluding diaryl/α,β-unsaturated/α-hetero) is 1. The van der Waals surface area contributed by atoms with Gasteiger partial charge < -0.3 is 0 Å². The molecule has 1 fully saturated rings. The summed E-state index contributed by atoms with van der Waals surface area (Å²) in [5.41, 5.74) is 7.96. The van der Waals surface area contributed by atoms with E-state index in [1.165, 1.54) is 0 Å². The number of ketones is 1. The first-order chi connectivity index (χ1) is 4.33. The minimum atomic E-state index is -0.0532. The van der Waals surface area contributed by atoms with Gasteiger partial charge in [-0.2, -0.15) is 0 Å². The molecule has 1 aliphatic rings. The molecule has 0 radical (unpaired) electrons. The van der Waals surface area contributed by atoms with Gasteiger partial charge in [0, 0.05) is 23.8 Å². The van der Waals surface area contributed by atoms with E-state index in [0.29, 0.717) is 12.8 Å². The predicted octanol–water partition coefficient (Wildman–Crippen LogP) is 1.42. The summed E-state index contributed by atoms with van der Waals surface area (Å²) in [5.74, 6) is 0.215. The second kappa shape index (κ2) is 2.51. The molecule has 0 N–H and O–H groups in total. The van der Waals surface area contributed by atoms with Crippen molar-refractivity contribution >= 4 is 5.78 Å². The average Bonchev–Trinajstić information content (AvgIpc) is 2.17. The maximum atomic E-state index is 10.5. The molecule has 0 unspecified atom stereocenters. The normalized spacial score (nSPS) is 25.8. The molecule has 9 heavy (non-hydrogen) atoms. The van der Waals surface area contributed by atoms with Crippen molar-refractivity contribution in [1.82, 2.24) is 0 Å². The molecule has 1 atom stereocenters. The lowest BCUT2D eigenvalue weighted by atomic mass is 10.3. The van der Waals surface area contributed by atoms with Crippen LogP contribution in [0, 0.1) is 0 Å². The third kappa shape index (κ3) is 1.44. The SMILES string of the molecule is [N-]=[N+]=N[C@@H]1CCC(=O)C1. The van der Waals surface area contributed by atoms with E-state index in [1.54, 1.807) is 0 Å². The Morgan fingerprint density at radius 3 is 3.00 bits per heavy atom. The van der Waals surface area contributed by atoms with Gasteiger partial charge in [0.1, 0.15) is 5.78 Å². The number of hydrogen-bond acceptors (Lipinski definition) is 2. The Labute approximate surface area is 52.5 Å². The zero-order valence-corrected chi connectivity index (χ0v) is 4.95. The van der Waals surface area contributed by atoms with Gasteiger partial charge in [-0.15, -0.1) is 0 Å². The molecule has 0 spiro atoms. The number of hydrogen-bond donors (Lipinski definition) is 0. The third-order valence-electron chi connectivity index (χ3n) is 1.43. The summed E-state index contributed by atoms with van der Waals surface area (Å²) in [5, 5.41) is 3.43. The highest BCUT2D eigenvalue weighted by Gasteiger charge is 2.19. The lowest BCUT2D eigenvalue weighted by Gasteiger charge is -1.91. The van der Waals surface area contributed by atoms with Crippen LogP contribution in [0.25, 0.3) is 10.4 Å². The first kappa shape index (κ1) is 6.11. The van der Waals surface area contributed by atoms with Crippen LogP contribution in [0.5, 0.6) is 0 Å². The Kier molecular flexibility index (Phi) is 1.70. The van der Waals surface area contributed by atoms with Crippen LogP contribution in [0.4, 0.5) is 0 Å². The summed E-state index contributed by atoms with van der Waals surface area (Å²) in [6, 6.07) is -0.0532. The summed E-state index contributed by atoms with van der Waals surface area (Å²) in [6.07, 6.45) is 1.77. The predicted molar refractivity (Wildman–Crippen MR) is 31.8 cm³/mol. The molecule has 1 aliphatic carbocycles. The van der Waals surface area contributed by atoms with Crippen molar-refractivity contribution in [3.8, 4) is 0 Å². The van der Waals surface area contributed by atoms with Crippen LogP contribution in [0.3, 0.4) is 0 Å². The zero-order valence-electron chi connectivity index (χ0n) is 4.95. The number of rotatable bonds is 1. The molecule has 1 saturated carbocycles. The van der Waals surface area contributed by atoms with Crippen molar-refractivity contribution in [1.29, 1.82) is 0 Å². The molecule has 0 amide bonds. The Morgan fingerprint density at radius 2 is 2.56 bits per heavy atom. The molecular formula is C5H7N3O. The summed E-state index contributed by atoms with van der Waals surface area (Å²) < 4.78 is 0. The third-order valence-corrected chi connectivity index (χ3v) is 1.43. The fourth-order valence-electron chi connectivity index (χ4n) is 0.966. The topological polar surface area (TPSA) is 65.8 Å². The quantitative estimate of drug-likeness (QED) is 0.297. The molecular weight excluding hydrogens is 118 g/mol. The Hall–Kier alpha value is -1.02. The largest absolute Gasteiger partial charge is 0.300 e. The van der Waals surface area contributed by atoms with Gasteiger partial charge >= 0.3 is 0 Å². The minimum Gasteiger partial charge on any atom is -0.300 e. The van der Waals surface area contributed by atoms with Gasteiger partial charge in [0.05, 0.1) is 0 Å². The molecule has 48 valence electrons. The smallest absolute Gasteiger partial charge is 0.133 e. The summed E-state index contributed by atoms with van der Waals surface area (Å²) in [6.45, 7) is 0. The average molecular weight is 125 g/mol. The van der Waals surface area contributed by atoms with Crippen LogP contribution in [-0.2, 0) is 4.79 Å². The zero-order chi connectivity index (χ0) is 6.69.